The van der Waals surface area contributed by atoms with Crippen molar-refractivity contribution in [3.63, 3.8) is 0 Å². The summed E-state index contributed by atoms with van der Waals surface area (Å²) in [6, 6.07) is -0.277. The first-order chi connectivity index (χ1) is 6.15. The van der Waals surface area contributed by atoms with Gasteiger partial charge in [0.15, 0.2) is 0 Å². The minimum Gasteiger partial charge on any atom is -0.460 e. The lowest BCUT2D eigenvalue weighted by atomic mass is 10.5. The third kappa shape index (κ3) is 4.62. The molecule has 76 valence electrons. The molecule has 0 heterocycles. The largest absolute Gasteiger partial charge is 0.460 e. The van der Waals surface area contributed by atoms with E-state index in [0.29, 0.717) is 25.0 Å². The van der Waals surface area contributed by atoms with Gasteiger partial charge in [-0.25, -0.2) is 9.59 Å². The van der Waals surface area contributed by atoms with Crippen LogP contribution in [0.1, 0.15) is 13.8 Å². The molecular weight excluding hydrogens is 192 g/mol. The van der Waals surface area contributed by atoms with Gasteiger partial charge in [0.2, 0.25) is 0 Å². The Bertz CT molecular complexity index is 183. The molecule has 0 atom stereocenters. The highest BCUT2D eigenvalue weighted by Gasteiger charge is 2.11. The van der Waals surface area contributed by atoms with Crippen molar-refractivity contribution in [2.75, 3.05) is 20.2 Å². The van der Waals surface area contributed by atoms with Crippen molar-refractivity contribution in [2.24, 2.45) is 0 Å². The summed E-state index contributed by atoms with van der Waals surface area (Å²) in [5, 5.41) is -0.527. The molecular formula is C7H14N2O3S. The molecule has 0 unspecified atom stereocenters. The van der Waals surface area contributed by atoms with Gasteiger partial charge >= 0.3 is 11.3 Å². The maximum Gasteiger partial charge on any atom is 0.387 e. The third-order valence-corrected chi connectivity index (χ3v) is 2.05. The SMILES string of the molecule is CCN(CC)C(=O)NSC(=O)OC. The maximum atomic E-state index is 11.2. The van der Waals surface area contributed by atoms with E-state index in [4.69, 9.17) is 0 Å². The number of nitrogens with one attached hydrogen (secondary N) is 1. The van der Waals surface area contributed by atoms with Crippen molar-refractivity contribution in [3.05, 3.63) is 0 Å². The van der Waals surface area contributed by atoms with Gasteiger partial charge in [-0.1, -0.05) is 0 Å². The van der Waals surface area contributed by atoms with Gasteiger partial charge in [-0.3, -0.25) is 4.72 Å². The van der Waals surface area contributed by atoms with E-state index in [1.165, 1.54) is 7.11 Å². The molecule has 0 aromatic rings. The number of amides is 2. The molecule has 2 amide bonds. The quantitative estimate of drug-likeness (QED) is 0.549. The van der Waals surface area contributed by atoms with Crippen molar-refractivity contribution in [2.45, 2.75) is 13.8 Å². The van der Waals surface area contributed by atoms with Gasteiger partial charge in [0.1, 0.15) is 0 Å². The van der Waals surface area contributed by atoms with Gasteiger partial charge in [-0.2, -0.15) is 0 Å². The summed E-state index contributed by atoms with van der Waals surface area (Å²) < 4.78 is 6.70. The summed E-state index contributed by atoms with van der Waals surface area (Å²) in [5.74, 6) is 0. The fourth-order valence-electron chi connectivity index (χ4n) is 0.702. The molecule has 0 bridgehead atoms. The standard InChI is InChI=1S/C7H14N2O3S/c1-4-9(5-2)6(10)8-13-7(11)12-3/h4-5H2,1-3H3,(H,8,10). The van der Waals surface area contributed by atoms with E-state index in [-0.39, 0.29) is 6.03 Å². The first-order valence-corrected chi connectivity index (χ1v) is 4.77. The topological polar surface area (TPSA) is 58.6 Å². The van der Waals surface area contributed by atoms with Crippen molar-refractivity contribution in [3.8, 4) is 0 Å². The smallest absolute Gasteiger partial charge is 0.387 e. The van der Waals surface area contributed by atoms with E-state index in [2.05, 4.69) is 9.46 Å². The Balaban J connectivity index is 3.79. The van der Waals surface area contributed by atoms with Crippen molar-refractivity contribution in [1.82, 2.24) is 9.62 Å². The Hall–Kier alpha value is -0.910. The number of hydrogen-bond acceptors (Lipinski definition) is 4. The Labute approximate surface area is 81.9 Å². The van der Waals surface area contributed by atoms with Crippen LogP contribution in [0.3, 0.4) is 0 Å². The second-order valence-corrected chi connectivity index (χ2v) is 2.88. The van der Waals surface area contributed by atoms with Gasteiger partial charge in [-0.05, 0) is 13.8 Å². The van der Waals surface area contributed by atoms with Crippen LogP contribution in [0.2, 0.25) is 0 Å². The van der Waals surface area contributed by atoms with Crippen LogP contribution in [0, 0.1) is 0 Å². The average molecular weight is 206 g/mol. The zero-order chi connectivity index (χ0) is 10.3. The molecule has 0 spiro atoms. The number of urea groups is 1. The fraction of sp³-hybridized carbons (Fsp3) is 0.714. The van der Waals surface area contributed by atoms with E-state index in [0.717, 1.165) is 0 Å². The molecule has 0 aliphatic heterocycles. The van der Waals surface area contributed by atoms with E-state index < -0.39 is 5.30 Å². The van der Waals surface area contributed by atoms with Crippen molar-refractivity contribution < 1.29 is 14.3 Å². The number of ether oxygens (including phenoxy) is 1. The lowest BCUT2D eigenvalue weighted by molar-refractivity contribution is 0.198. The summed E-state index contributed by atoms with van der Waals surface area (Å²) in [6.45, 7) is 4.96. The molecule has 0 saturated carbocycles. The summed E-state index contributed by atoms with van der Waals surface area (Å²) in [6.07, 6.45) is 0. The summed E-state index contributed by atoms with van der Waals surface area (Å²) in [4.78, 5) is 23.4. The fourth-order valence-corrected chi connectivity index (χ4v) is 1.09. The monoisotopic (exact) mass is 206 g/mol. The average Bonchev–Trinajstić information content (AvgIpc) is 2.16. The van der Waals surface area contributed by atoms with E-state index in [1.807, 2.05) is 13.8 Å². The number of nitrogens with zero attached hydrogens (tertiary/aromatic N) is 1. The molecule has 5 nitrogen and oxygen atoms in total. The normalized spacial score (nSPS) is 9.15. The predicted octanol–water partition coefficient (Wildman–Crippen LogP) is 1.45. The van der Waals surface area contributed by atoms with Crippen molar-refractivity contribution in [1.29, 1.82) is 0 Å². The first kappa shape index (κ1) is 12.1. The summed E-state index contributed by atoms with van der Waals surface area (Å²) in [7, 11) is 1.26. The maximum absolute atomic E-state index is 11.2. The van der Waals surface area contributed by atoms with Gasteiger partial charge in [0.05, 0.1) is 19.1 Å². The Morgan fingerprint density at radius 1 is 1.38 bits per heavy atom. The number of rotatable bonds is 2. The highest BCUT2D eigenvalue weighted by Crippen LogP contribution is 2.00. The minimum absolute atomic E-state index is 0.277. The molecule has 1 N–H and O–H groups in total. The van der Waals surface area contributed by atoms with E-state index >= 15 is 0 Å². The zero-order valence-electron chi connectivity index (χ0n) is 7.99. The van der Waals surface area contributed by atoms with Gasteiger partial charge in [0.25, 0.3) is 0 Å². The van der Waals surface area contributed by atoms with Crippen LogP contribution in [0.25, 0.3) is 0 Å². The Kier molecular flexibility index (Phi) is 6.13. The third-order valence-electron chi connectivity index (χ3n) is 1.44. The van der Waals surface area contributed by atoms with Gasteiger partial charge in [-0.15, -0.1) is 0 Å². The molecule has 0 fully saturated rings. The second-order valence-electron chi connectivity index (χ2n) is 2.14. The molecule has 13 heavy (non-hydrogen) atoms. The van der Waals surface area contributed by atoms with Crippen LogP contribution in [0.4, 0.5) is 9.59 Å². The van der Waals surface area contributed by atoms with Crippen LogP contribution in [-0.2, 0) is 4.74 Å². The van der Waals surface area contributed by atoms with Crippen molar-refractivity contribution >= 4 is 23.3 Å². The van der Waals surface area contributed by atoms with E-state index in [9.17, 15) is 9.59 Å². The zero-order valence-corrected chi connectivity index (χ0v) is 8.81. The highest BCUT2D eigenvalue weighted by molar-refractivity contribution is 8.12. The summed E-state index contributed by atoms with van der Waals surface area (Å²) in [5.41, 5.74) is 0. The number of carbonyl (C=O) groups is 2. The van der Waals surface area contributed by atoms with E-state index in [1.54, 1.807) is 4.90 Å². The lowest BCUT2D eigenvalue weighted by Gasteiger charge is -2.17. The van der Waals surface area contributed by atoms with Gasteiger partial charge in [0, 0.05) is 13.1 Å². The number of methoxy groups -OCH3 is 1. The predicted molar refractivity (Wildman–Crippen MR) is 51.4 cm³/mol. The van der Waals surface area contributed by atoms with Gasteiger partial charge < -0.3 is 9.64 Å². The molecule has 6 heteroatoms. The molecule has 0 aliphatic rings. The van der Waals surface area contributed by atoms with Crippen LogP contribution in [0.15, 0.2) is 0 Å². The van der Waals surface area contributed by atoms with Crippen LogP contribution >= 0.6 is 11.9 Å². The molecule has 0 rings (SSSR count). The first-order valence-electron chi connectivity index (χ1n) is 3.95. The second kappa shape index (κ2) is 6.59. The number of hydrogen-bond donors (Lipinski definition) is 1. The molecule has 0 aromatic carbocycles. The summed E-state index contributed by atoms with van der Waals surface area (Å²) >= 11 is 0.641. The molecule has 0 aliphatic carbocycles. The Morgan fingerprint density at radius 3 is 2.31 bits per heavy atom. The molecule has 0 radical (unpaired) electrons. The van der Waals surface area contributed by atoms with Crippen LogP contribution < -0.4 is 4.72 Å². The minimum atomic E-state index is -0.527. The lowest BCUT2D eigenvalue weighted by Crippen LogP contribution is -2.37. The van der Waals surface area contributed by atoms with Crippen LogP contribution in [0.5, 0.6) is 0 Å². The Morgan fingerprint density at radius 2 is 1.92 bits per heavy atom. The molecule has 0 saturated heterocycles. The van der Waals surface area contributed by atoms with Crippen LogP contribution in [-0.4, -0.2) is 36.4 Å². The molecule has 0 aromatic heterocycles. The number of carbonyl (C=O) groups excluding carboxylic acids is 2. The highest BCUT2D eigenvalue weighted by atomic mass is 32.2.